The molecule has 4 heteroatoms. The fraction of sp³-hybridized carbons (Fsp3) is 0.615. The third kappa shape index (κ3) is 2.87. The van der Waals surface area contributed by atoms with Crippen molar-refractivity contribution in [2.75, 3.05) is 6.54 Å². The van der Waals surface area contributed by atoms with Crippen molar-refractivity contribution < 1.29 is 4.79 Å². The molecule has 94 valence electrons. The molecule has 2 rings (SSSR count). The van der Waals surface area contributed by atoms with E-state index in [1.165, 1.54) is 10.4 Å². The molecular formula is C13H20N2OS. The van der Waals surface area contributed by atoms with Gasteiger partial charge in [0.2, 0.25) is 5.91 Å². The molecule has 1 aromatic heterocycles. The number of carbonyl (C=O) groups is 1. The second kappa shape index (κ2) is 5.19. The standard InChI is InChI=1S/C13H20N2OS/c1-9(2)7-11(14)13(16)15-5-3-12-10(8-15)4-6-17-12/h4,6,9,11H,3,5,7-8,14H2,1-2H3/t11-/m0/s1. The molecule has 0 spiro atoms. The van der Waals surface area contributed by atoms with Crippen molar-refractivity contribution in [3.05, 3.63) is 21.9 Å². The highest BCUT2D eigenvalue weighted by atomic mass is 32.1. The normalized spacial score (nSPS) is 17.1. The molecule has 0 saturated carbocycles. The molecule has 3 nitrogen and oxygen atoms in total. The molecule has 1 atom stereocenters. The molecule has 0 bridgehead atoms. The highest BCUT2D eigenvalue weighted by Gasteiger charge is 2.25. The minimum Gasteiger partial charge on any atom is -0.337 e. The van der Waals surface area contributed by atoms with E-state index in [-0.39, 0.29) is 11.9 Å². The average Bonchev–Trinajstić information content (AvgIpc) is 2.73. The van der Waals surface area contributed by atoms with Gasteiger partial charge in [-0.15, -0.1) is 11.3 Å². The van der Waals surface area contributed by atoms with Gasteiger partial charge in [-0.05, 0) is 35.8 Å². The summed E-state index contributed by atoms with van der Waals surface area (Å²) >= 11 is 1.79. The lowest BCUT2D eigenvalue weighted by molar-refractivity contribution is -0.133. The lowest BCUT2D eigenvalue weighted by atomic mass is 10.0. The van der Waals surface area contributed by atoms with Crippen LogP contribution in [0.1, 0.15) is 30.7 Å². The van der Waals surface area contributed by atoms with Crippen LogP contribution in [0.5, 0.6) is 0 Å². The summed E-state index contributed by atoms with van der Waals surface area (Å²) in [5.74, 6) is 0.575. The zero-order chi connectivity index (χ0) is 12.4. The van der Waals surface area contributed by atoms with E-state index in [2.05, 4.69) is 25.3 Å². The van der Waals surface area contributed by atoms with Crippen molar-refractivity contribution >= 4 is 17.2 Å². The second-order valence-corrected chi connectivity index (χ2v) is 6.12. The third-order valence-electron chi connectivity index (χ3n) is 3.16. The van der Waals surface area contributed by atoms with E-state index in [0.29, 0.717) is 5.92 Å². The van der Waals surface area contributed by atoms with E-state index in [9.17, 15) is 4.79 Å². The highest BCUT2D eigenvalue weighted by molar-refractivity contribution is 7.10. The largest absolute Gasteiger partial charge is 0.337 e. The van der Waals surface area contributed by atoms with E-state index in [1.54, 1.807) is 11.3 Å². The van der Waals surface area contributed by atoms with Crippen molar-refractivity contribution in [3.8, 4) is 0 Å². The predicted octanol–water partition coefficient (Wildman–Crippen LogP) is 2.01. The van der Waals surface area contributed by atoms with E-state index >= 15 is 0 Å². The van der Waals surface area contributed by atoms with Crippen LogP contribution in [0.15, 0.2) is 11.4 Å². The van der Waals surface area contributed by atoms with Crippen LogP contribution in [0, 0.1) is 5.92 Å². The van der Waals surface area contributed by atoms with Crippen molar-refractivity contribution in [1.82, 2.24) is 4.90 Å². The van der Waals surface area contributed by atoms with E-state index in [4.69, 9.17) is 5.73 Å². The number of nitrogens with zero attached hydrogens (tertiary/aromatic N) is 1. The maximum Gasteiger partial charge on any atom is 0.239 e. The van der Waals surface area contributed by atoms with Crippen molar-refractivity contribution in [3.63, 3.8) is 0 Å². The van der Waals surface area contributed by atoms with Gasteiger partial charge in [0.05, 0.1) is 6.04 Å². The van der Waals surface area contributed by atoms with E-state index in [0.717, 1.165) is 25.9 Å². The number of fused-ring (bicyclic) bond motifs is 1. The van der Waals surface area contributed by atoms with Crippen molar-refractivity contribution in [1.29, 1.82) is 0 Å². The number of amides is 1. The van der Waals surface area contributed by atoms with Gasteiger partial charge < -0.3 is 10.6 Å². The maximum absolute atomic E-state index is 12.2. The summed E-state index contributed by atoms with van der Waals surface area (Å²) in [6, 6.07) is 1.78. The van der Waals surface area contributed by atoms with Gasteiger partial charge in [-0.25, -0.2) is 0 Å². The first-order valence-corrected chi connectivity index (χ1v) is 7.05. The molecule has 2 N–H and O–H groups in total. The first kappa shape index (κ1) is 12.6. The minimum absolute atomic E-state index is 0.107. The summed E-state index contributed by atoms with van der Waals surface area (Å²) in [5, 5.41) is 2.10. The first-order valence-electron chi connectivity index (χ1n) is 6.17. The molecule has 1 aliphatic heterocycles. The van der Waals surface area contributed by atoms with Gasteiger partial charge in [0.15, 0.2) is 0 Å². The molecule has 1 aromatic rings. The van der Waals surface area contributed by atoms with Gasteiger partial charge in [0.1, 0.15) is 0 Å². The second-order valence-electron chi connectivity index (χ2n) is 5.11. The van der Waals surface area contributed by atoms with Gasteiger partial charge in [0.25, 0.3) is 0 Å². The summed E-state index contributed by atoms with van der Waals surface area (Å²) < 4.78 is 0. The molecule has 1 amide bonds. The fourth-order valence-electron chi connectivity index (χ4n) is 2.28. The zero-order valence-corrected chi connectivity index (χ0v) is 11.3. The number of hydrogen-bond donors (Lipinski definition) is 1. The van der Waals surface area contributed by atoms with Gasteiger partial charge in [-0.3, -0.25) is 4.79 Å². The van der Waals surface area contributed by atoms with Gasteiger partial charge in [0, 0.05) is 18.0 Å². The number of carbonyl (C=O) groups excluding carboxylic acids is 1. The highest BCUT2D eigenvalue weighted by Crippen LogP contribution is 2.24. The molecular weight excluding hydrogens is 232 g/mol. The Hall–Kier alpha value is -0.870. The minimum atomic E-state index is -0.338. The molecule has 0 radical (unpaired) electrons. The van der Waals surface area contributed by atoms with Gasteiger partial charge >= 0.3 is 0 Å². The van der Waals surface area contributed by atoms with Gasteiger partial charge in [-0.2, -0.15) is 0 Å². The first-order chi connectivity index (χ1) is 8.08. The summed E-state index contributed by atoms with van der Waals surface area (Å²) in [6.45, 7) is 5.75. The molecule has 0 unspecified atom stereocenters. The molecule has 0 saturated heterocycles. The Labute approximate surface area is 107 Å². The maximum atomic E-state index is 12.2. The number of nitrogens with two attached hydrogens (primary N) is 1. The monoisotopic (exact) mass is 252 g/mol. The summed E-state index contributed by atoms with van der Waals surface area (Å²) in [6.07, 6.45) is 1.75. The van der Waals surface area contributed by atoms with Crippen LogP contribution in [0.4, 0.5) is 0 Å². The zero-order valence-electron chi connectivity index (χ0n) is 10.5. The lowest BCUT2D eigenvalue weighted by Gasteiger charge is -2.29. The van der Waals surface area contributed by atoms with E-state index < -0.39 is 0 Å². The van der Waals surface area contributed by atoms with Crippen LogP contribution in [0.25, 0.3) is 0 Å². The van der Waals surface area contributed by atoms with Gasteiger partial charge in [-0.1, -0.05) is 13.8 Å². The molecule has 0 fully saturated rings. The van der Waals surface area contributed by atoms with Crippen LogP contribution in [-0.2, 0) is 17.8 Å². The average molecular weight is 252 g/mol. The lowest BCUT2D eigenvalue weighted by Crippen LogP contribution is -2.46. The summed E-state index contributed by atoms with van der Waals surface area (Å²) in [5.41, 5.74) is 7.25. The third-order valence-corrected chi connectivity index (χ3v) is 4.18. The molecule has 0 aliphatic carbocycles. The quantitative estimate of drug-likeness (QED) is 0.894. The summed E-state index contributed by atoms with van der Waals surface area (Å²) in [4.78, 5) is 15.5. The summed E-state index contributed by atoms with van der Waals surface area (Å²) in [7, 11) is 0. The Balaban J connectivity index is 1.98. The molecule has 0 aromatic carbocycles. The Morgan fingerprint density at radius 3 is 3.06 bits per heavy atom. The molecule has 17 heavy (non-hydrogen) atoms. The van der Waals surface area contributed by atoms with Crippen LogP contribution < -0.4 is 5.73 Å². The fourth-order valence-corrected chi connectivity index (χ4v) is 3.17. The predicted molar refractivity (Wildman–Crippen MR) is 70.9 cm³/mol. The Kier molecular flexibility index (Phi) is 3.84. The SMILES string of the molecule is CC(C)C[C@H](N)C(=O)N1CCc2sccc2C1. The number of hydrogen-bond acceptors (Lipinski definition) is 3. The topological polar surface area (TPSA) is 46.3 Å². The van der Waals surface area contributed by atoms with E-state index in [1.807, 2.05) is 4.90 Å². The smallest absolute Gasteiger partial charge is 0.239 e. The Morgan fingerprint density at radius 1 is 1.59 bits per heavy atom. The number of thiophene rings is 1. The Bertz CT molecular complexity index is 400. The van der Waals surface area contributed by atoms with Crippen LogP contribution in [0.2, 0.25) is 0 Å². The molecule has 2 heterocycles. The van der Waals surface area contributed by atoms with Crippen molar-refractivity contribution in [2.24, 2.45) is 11.7 Å². The van der Waals surface area contributed by atoms with Crippen LogP contribution in [-0.4, -0.2) is 23.4 Å². The number of rotatable bonds is 3. The Morgan fingerprint density at radius 2 is 2.35 bits per heavy atom. The van der Waals surface area contributed by atoms with Crippen LogP contribution >= 0.6 is 11.3 Å². The molecule has 1 aliphatic rings. The van der Waals surface area contributed by atoms with Crippen molar-refractivity contribution in [2.45, 2.75) is 39.3 Å². The van der Waals surface area contributed by atoms with Crippen LogP contribution in [0.3, 0.4) is 0 Å².